The van der Waals surface area contributed by atoms with Crippen molar-refractivity contribution in [2.75, 3.05) is 6.54 Å². The maximum atomic E-state index is 11.5. The molecule has 0 radical (unpaired) electrons. The van der Waals surface area contributed by atoms with Gasteiger partial charge in [-0.3, -0.25) is 14.7 Å². The summed E-state index contributed by atoms with van der Waals surface area (Å²) in [6.07, 6.45) is 3.48. The highest BCUT2D eigenvalue weighted by Gasteiger charge is 2.15. The molecule has 0 saturated heterocycles. The summed E-state index contributed by atoms with van der Waals surface area (Å²) in [7, 11) is 0. The van der Waals surface area contributed by atoms with Gasteiger partial charge in [0.25, 0.3) is 0 Å². The third-order valence-electron chi connectivity index (χ3n) is 4.78. The van der Waals surface area contributed by atoms with Gasteiger partial charge in [-0.1, -0.05) is 48.5 Å². The van der Waals surface area contributed by atoms with E-state index in [1.807, 2.05) is 41.3 Å². The maximum absolute atomic E-state index is 11.5. The number of rotatable bonds is 6. The molecule has 4 rings (SSSR count). The summed E-state index contributed by atoms with van der Waals surface area (Å²) in [5, 5.41) is 14.1. The Kier molecular flexibility index (Phi) is 4.81. The summed E-state index contributed by atoms with van der Waals surface area (Å²) >= 11 is 0. The Morgan fingerprint density at radius 2 is 1.44 bits per heavy atom. The number of nitrogens with zero attached hydrogens (tertiary/aromatic N) is 2. The van der Waals surface area contributed by atoms with Crippen LogP contribution in [0.2, 0.25) is 0 Å². The molecule has 1 heterocycles. The molecule has 0 unspecified atom stereocenters. The summed E-state index contributed by atoms with van der Waals surface area (Å²) in [6, 6.07) is 22.6. The first-order valence-electron chi connectivity index (χ1n) is 8.93. The van der Waals surface area contributed by atoms with Gasteiger partial charge in [0.2, 0.25) is 0 Å². The highest BCUT2D eigenvalue weighted by molar-refractivity contribution is 6.02. The predicted octanol–water partition coefficient (Wildman–Crippen LogP) is 4.47. The van der Waals surface area contributed by atoms with Crippen LogP contribution in [0.5, 0.6) is 0 Å². The van der Waals surface area contributed by atoms with Crippen molar-refractivity contribution in [1.29, 1.82) is 0 Å². The van der Waals surface area contributed by atoms with Crippen molar-refractivity contribution < 1.29 is 9.90 Å². The third-order valence-corrected chi connectivity index (χ3v) is 4.78. The number of pyridine rings is 1. The van der Waals surface area contributed by atoms with Crippen molar-refractivity contribution >= 4 is 27.5 Å². The molecule has 134 valence electrons. The lowest BCUT2D eigenvalue weighted by atomic mass is 9.96. The monoisotopic (exact) mass is 356 g/mol. The largest absolute Gasteiger partial charge is 0.480 e. The van der Waals surface area contributed by atoms with Crippen LogP contribution in [0.3, 0.4) is 0 Å². The fourth-order valence-electron chi connectivity index (χ4n) is 3.61. The van der Waals surface area contributed by atoms with Crippen molar-refractivity contribution in [2.45, 2.75) is 13.1 Å². The lowest BCUT2D eigenvalue weighted by Crippen LogP contribution is -2.29. The molecule has 0 spiro atoms. The van der Waals surface area contributed by atoms with Crippen molar-refractivity contribution in [3.63, 3.8) is 0 Å². The van der Waals surface area contributed by atoms with E-state index in [9.17, 15) is 9.90 Å². The topological polar surface area (TPSA) is 53.4 Å². The molecule has 4 nitrogen and oxygen atoms in total. The smallest absolute Gasteiger partial charge is 0.317 e. The lowest BCUT2D eigenvalue weighted by Gasteiger charge is -2.22. The zero-order valence-electron chi connectivity index (χ0n) is 14.9. The van der Waals surface area contributed by atoms with E-state index in [2.05, 4.69) is 35.3 Å². The van der Waals surface area contributed by atoms with Gasteiger partial charge in [-0.25, -0.2) is 0 Å². The second-order valence-electron chi connectivity index (χ2n) is 6.69. The molecule has 0 fully saturated rings. The van der Waals surface area contributed by atoms with E-state index in [-0.39, 0.29) is 6.54 Å². The van der Waals surface area contributed by atoms with E-state index in [0.717, 1.165) is 5.56 Å². The normalized spacial score (nSPS) is 11.3. The SMILES string of the molecule is O=C(O)CN(Cc1ccncc1)Cc1c2ccccc2cc2ccccc12. The van der Waals surface area contributed by atoms with Crippen LogP contribution in [0.4, 0.5) is 0 Å². The Labute approximate surface area is 157 Å². The van der Waals surface area contributed by atoms with Crippen LogP contribution in [-0.2, 0) is 17.9 Å². The summed E-state index contributed by atoms with van der Waals surface area (Å²) in [5.74, 6) is -0.825. The Hall–Kier alpha value is -3.24. The molecule has 0 aliphatic heterocycles. The molecule has 0 atom stereocenters. The minimum absolute atomic E-state index is 0.0140. The van der Waals surface area contributed by atoms with Crippen LogP contribution in [0.15, 0.2) is 79.1 Å². The lowest BCUT2D eigenvalue weighted by molar-refractivity contribution is -0.138. The average Bonchev–Trinajstić information content (AvgIpc) is 2.68. The number of hydrogen-bond donors (Lipinski definition) is 1. The standard InChI is InChI=1S/C23H20N2O2/c26-23(27)16-25(14-17-9-11-24-12-10-17)15-22-20-7-3-1-5-18(20)13-19-6-2-4-8-21(19)22/h1-13H,14-16H2,(H,26,27). The fourth-order valence-corrected chi connectivity index (χ4v) is 3.61. The summed E-state index contributed by atoms with van der Waals surface area (Å²) in [4.78, 5) is 17.5. The number of carboxylic acid groups (broad SMARTS) is 1. The average molecular weight is 356 g/mol. The van der Waals surface area contributed by atoms with Crippen LogP contribution in [-0.4, -0.2) is 27.5 Å². The van der Waals surface area contributed by atoms with Gasteiger partial charge in [0.1, 0.15) is 0 Å². The van der Waals surface area contributed by atoms with E-state index in [1.165, 1.54) is 27.1 Å². The van der Waals surface area contributed by atoms with Gasteiger partial charge >= 0.3 is 5.97 Å². The van der Waals surface area contributed by atoms with Crippen LogP contribution in [0, 0.1) is 0 Å². The Balaban J connectivity index is 1.79. The second kappa shape index (κ2) is 7.56. The van der Waals surface area contributed by atoms with Gasteiger partial charge in [0.15, 0.2) is 0 Å². The first-order chi connectivity index (χ1) is 13.2. The van der Waals surface area contributed by atoms with E-state index in [4.69, 9.17) is 0 Å². The van der Waals surface area contributed by atoms with E-state index in [0.29, 0.717) is 13.1 Å². The molecule has 3 aromatic carbocycles. The first-order valence-corrected chi connectivity index (χ1v) is 8.93. The minimum atomic E-state index is -0.825. The molecular weight excluding hydrogens is 336 g/mol. The number of fused-ring (bicyclic) bond motifs is 2. The van der Waals surface area contributed by atoms with E-state index >= 15 is 0 Å². The highest BCUT2D eigenvalue weighted by Crippen LogP contribution is 2.29. The zero-order valence-corrected chi connectivity index (χ0v) is 14.9. The van der Waals surface area contributed by atoms with Crippen LogP contribution in [0.1, 0.15) is 11.1 Å². The van der Waals surface area contributed by atoms with Crippen LogP contribution >= 0.6 is 0 Å². The summed E-state index contributed by atoms with van der Waals surface area (Å²) in [5.41, 5.74) is 2.22. The first kappa shape index (κ1) is 17.2. The van der Waals surface area contributed by atoms with E-state index < -0.39 is 5.97 Å². The second-order valence-corrected chi connectivity index (χ2v) is 6.69. The van der Waals surface area contributed by atoms with Crippen LogP contribution < -0.4 is 0 Å². The molecule has 4 heteroatoms. The third kappa shape index (κ3) is 3.81. The number of benzene rings is 3. The Morgan fingerprint density at radius 1 is 0.852 bits per heavy atom. The van der Waals surface area contributed by atoms with Gasteiger partial charge in [0.05, 0.1) is 6.54 Å². The molecule has 0 amide bonds. The van der Waals surface area contributed by atoms with E-state index in [1.54, 1.807) is 12.4 Å². The summed E-state index contributed by atoms with van der Waals surface area (Å²) < 4.78 is 0. The van der Waals surface area contributed by atoms with Gasteiger partial charge in [-0.2, -0.15) is 0 Å². The molecule has 0 bridgehead atoms. The Morgan fingerprint density at radius 3 is 2.04 bits per heavy atom. The van der Waals surface area contributed by atoms with Crippen molar-refractivity contribution in [3.8, 4) is 0 Å². The molecule has 0 aliphatic rings. The van der Waals surface area contributed by atoms with Gasteiger partial charge < -0.3 is 5.11 Å². The molecule has 0 saturated carbocycles. The van der Waals surface area contributed by atoms with Crippen LogP contribution in [0.25, 0.3) is 21.5 Å². The zero-order chi connectivity index (χ0) is 18.6. The number of hydrogen-bond acceptors (Lipinski definition) is 3. The molecule has 27 heavy (non-hydrogen) atoms. The number of aromatic nitrogens is 1. The van der Waals surface area contributed by atoms with Crippen molar-refractivity contribution in [3.05, 3.63) is 90.3 Å². The van der Waals surface area contributed by atoms with Gasteiger partial charge in [-0.15, -0.1) is 0 Å². The van der Waals surface area contributed by atoms with Crippen molar-refractivity contribution in [2.24, 2.45) is 0 Å². The molecule has 1 N–H and O–H groups in total. The molecule has 1 aromatic heterocycles. The van der Waals surface area contributed by atoms with Gasteiger partial charge in [0, 0.05) is 25.5 Å². The number of carboxylic acids is 1. The van der Waals surface area contributed by atoms with Gasteiger partial charge in [-0.05, 0) is 50.9 Å². The maximum Gasteiger partial charge on any atom is 0.317 e. The predicted molar refractivity (Wildman–Crippen MR) is 107 cm³/mol. The highest BCUT2D eigenvalue weighted by atomic mass is 16.4. The molecule has 4 aromatic rings. The molecular formula is C23H20N2O2. The Bertz CT molecular complexity index is 1040. The minimum Gasteiger partial charge on any atom is -0.480 e. The number of aliphatic carboxylic acids is 1. The fraction of sp³-hybridized carbons (Fsp3) is 0.130. The number of carbonyl (C=O) groups is 1. The van der Waals surface area contributed by atoms with Crippen molar-refractivity contribution in [1.82, 2.24) is 9.88 Å². The summed E-state index contributed by atoms with van der Waals surface area (Å²) in [6.45, 7) is 1.11. The quantitative estimate of drug-likeness (QED) is 0.518. The molecule has 0 aliphatic carbocycles.